The summed E-state index contributed by atoms with van der Waals surface area (Å²) in [5.74, 6) is 0. The fraction of sp³-hybridized carbons (Fsp3) is 0.235. The molecule has 0 radical (unpaired) electrons. The Hall–Kier alpha value is -1.60. The van der Waals surface area contributed by atoms with Gasteiger partial charge in [0.05, 0.1) is 11.2 Å². The van der Waals surface area contributed by atoms with Crippen molar-refractivity contribution in [1.29, 1.82) is 0 Å². The minimum absolute atomic E-state index is 0.00867. The molecule has 0 amide bonds. The SMILES string of the molecule is CC1=CC=CCC1(C)c1ccc2ccc(Cl)cc2n1. The maximum absolute atomic E-state index is 6.06. The summed E-state index contributed by atoms with van der Waals surface area (Å²) in [5, 5.41) is 1.86. The fourth-order valence-corrected chi connectivity index (χ4v) is 2.73. The minimum Gasteiger partial charge on any atom is -0.252 e. The zero-order chi connectivity index (χ0) is 13.5. The van der Waals surface area contributed by atoms with Crippen LogP contribution >= 0.6 is 11.6 Å². The van der Waals surface area contributed by atoms with E-state index < -0.39 is 0 Å². The Kier molecular flexibility index (Phi) is 2.94. The number of halogens is 1. The van der Waals surface area contributed by atoms with Crippen LogP contribution < -0.4 is 0 Å². The standard InChI is InChI=1S/C17H16ClN/c1-12-5-3-4-10-17(12,2)16-9-7-13-6-8-14(18)11-15(13)19-16/h3-9,11H,10H2,1-2H3. The third-order valence-electron chi connectivity index (χ3n) is 4.10. The fourth-order valence-electron chi connectivity index (χ4n) is 2.57. The van der Waals surface area contributed by atoms with Gasteiger partial charge in [0.2, 0.25) is 0 Å². The summed E-state index contributed by atoms with van der Waals surface area (Å²) in [7, 11) is 0. The van der Waals surface area contributed by atoms with Crippen LogP contribution in [0, 0.1) is 0 Å². The van der Waals surface area contributed by atoms with Crippen molar-refractivity contribution in [2.45, 2.75) is 25.7 Å². The van der Waals surface area contributed by atoms with Crippen LogP contribution in [0.3, 0.4) is 0 Å². The Morgan fingerprint density at radius 1 is 1.21 bits per heavy atom. The molecule has 0 bridgehead atoms. The average molecular weight is 270 g/mol. The molecule has 2 heteroatoms. The van der Waals surface area contributed by atoms with Crippen LogP contribution in [0.5, 0.6) is 0 Å². The van der Waals surface area contributed by atoms with Gasteiger partial charge in [0, 0.05) is 15.8 Å². The van der Waals surface area contributed by atoms with E-state index in [-0.39, 0.29) is 5.41 Å². The Morgan fingerprint density at radius 2 is 2.00 bits per heavy atom. The molecule has 2 aromatic rings. The monoisotopic (exact) mass is 269 g/mol. The van der Waals surface area contributed by atoms with Crippen molar-refractivity contribution in [1.82, 2.24) is 4.98 Å². The molecule has 0 saturated heterocycles. The molecular formula is C17H16ClN. The van der Waals surface area contributed by atoms with Crippen molar-refractivity contribution < 1.29 is 0 Å². The van der Waals surface area contributed by atoms with E-state index in [1.54, 1.807) is 0 Å². The van der Waals surface area contributed by atoms with Crippen LogP contribution in [0.4, 0.5) is 0 Å². The normalized spacial score (nSPS) is 22.6. The molecule has 0 spiro atoms. The van der Waals surface area contributed by atoms with Gasteiger partial charge in [-0.1, -0.05) is 47.5 Å². The Morgan fingerprint density at radius 3 is 2.79 bits per heavy atom. The summed E-state index contributed by atoms with van der Waals surface area (Å²) in [6.45, 7) is 4.42. The van der Waals surface area contributed by atoms with Crippen LogP contribution in [0.2, 0.25) is 5.02 Å². The Labute approximate surface area is 118 Å². The van der Waals surface area contributed by atoms with E-state index >= 15 is 0 Å². The molecule has 19 heavy (non-hydrogen) atoms. The molecule has 1 aromatic carbocycles. The number of rotatable bonds is 1. The highest BCUT2D eigenvalue weighted by atomic mass is 35.5. The third kappa shape index (κ3) is 2.08. The molecule has 1 aromatic heterocycles. The molecule has 1 nitrogen and oxygen atoms in total. The summed E-state index contributed by atoms with van der Waals surface area (Å²) in [6, 6.07) is 10.1. The highest BCUT2D eigenvalue weighted by Gasteiger charge is 2.30. The van der Waals surface area contributed by atoms with Gasteiger partial charge in [0.25, 0.3) is 0 Å². The first kappa shape index (κ1) is 12.4. The summed E-state index contributed by atoms with van der Waals surface area (Å²) in [5.41, 5.74) is 3.42. The lowest BCUT2D eigenvalue weighted by molar-refractivity contribution is 0.544. The molecule has 0 aliphatic heterocycles. The van der Waals surface area contributed by atoms with E-state index in [9.17, 15) is 0 Å². The maximum Gasteiger partial charge on any atom is 0.0720 e. The molecule has 3 rings (SSSR count). The van der Waals surface area contributed by atoms with Crippen LogP contribution in [-0.4, -0.2) is 4.98 Å². The van der Waals surface area contributed by atoms with E-state index in [1.165, 1.54) is 5.57 Å². The number of aromatic nitrogens is 1. The van der Waals surface area contributed by atoms with Crippen molar-refractivity contribution in [2.24, 2.45) is 0 Å². The summed E-state index contributed by atoms with van der Waals surface area (Å²) in [6.07, 6.45) is 7.49. The Balaban J connectivity index is 2.15. The summed E-state index contributed by atoms with van der Waals surface area (Å²) < 4.78 is 0. The Bertz CT molecular complexity index is 699. The number of nitrogens with zero attached hydrogens (tertiary/aromatic N) is 1. The molecule has 1 heterocycles. The summed E-state index contributed by atoms with van der Waals surface area (Å²) >= 11 is 6.06. The highest BCUT2D eigenvalue weighted by molar-refractivity contribution is 6.31. The first-order valence-corrected chi connectivity index (χ1v) is 6.88. The number of hydrogen-bond acceptors (Lipinski definition) is 1. The zero-order valence-corrected chi connectivity index (χ0v) is 11.9. The topological polar surface area (TPSA) is 12.9 Å². The minimum atomic E-state index is -0.00867. The first-order valence-electron chi connectivity index (χ1n) is 6.50. The van der Waals surface area contributed by atoms with E-state index in [2.05, 4.69) is 44.2 Å². The predicted molar refractivity (Wildman–Crippen MR) is 81.6 cm³/mol. The van der Waals surface area contributed by atoms with E-state index in [0.717, 1.165) is 28.0 Å². The average Bonchev–Trinajstić information content (AvgIpc) is 2.41. The summed E-state index contributed by atoms with van der Waals surface area (Å²) in [4.78, 5) is 4.82. The number of fused-ring (bicyclic) bond motifs is 1. The second-order valence-corrected chi connectivity index (χ2v) is 5.78. The molecule has 1 aliphatic rings. The van der Waals surface area contributed by atoms with E-state index in [1.807, 2.05) is 18.2 Å². The van der Waals surface area contributed by atoms with Crippen LogP contribution in [0.25, 0.3) is 10.9 Å². The molecule has 0 saturated carbocycles. The van der Waals surface area contributed by atoms with E-state index in [4.69, 9.17) is 16.6 Å². The number of allylic oxidation sites excluding steroid dienone is 4. The molecule has 0 fully saturated rings. The van der Waals surface area contributed by atoms with Crippen molar-refractivity contribution in [3.63, 3.8) is 0 Å². The second-order valence-electron chi connectivity index (χ2n) is 5.35. The second kappa shape index (κ2) is 4.50. The molecule has 1 unspecified atom stereocenters. The van der Waals surface area contributed by atoms with Gasteiger partial charge in [0.1, 0.15) is 0 Å². The van der Waals surface area contributed by atoms with Gasteiger partial charge >= 0.3 is 0 Å². The molecule has 96 valence electrons. The largest absolute Gasteiger partial charge is 0.252 e. The third-order valence-corrected chi connectivity index (χ3v) is 4.33. The number of pyridine rings is 1. The van der Waals surface area contributed by atoms with Gasteiger partial charge in [-0.25, -0.2) is 0 Å². The molecule has 1 atom stereocenters. The van der Waals surface area contributed by atoms with Crippen molar-refractivity contribution in [3.8, 4) is 0 Å². The van der Waals surface area contributed by atoms with Gasteiger partial charge in [-0.2, -0.15) is 0 Å². The smallest absolute Gasteiger partial charge is 0.0720 e. The van der Waals surface area contributed by atoms with Crippen LogP contribution in [0.1, 0.15) is 26.0 Å². The van der Waals surface area contributed by atoms with Gasteiger partial charge in [0.15, 0.2) is 0 Å². The molecule has 1 aliphatic carbocycles. The van der Waals surface area contributed by atoms with Gasteiger partial charge in [-0.3, -0.25) is 4.98 Å². The van der Waals surface area contributed by atoms with Gasteiger partial charge in [-0.15, -0.1) is 0 Å². The lowest BCUT2D eigenvalue weighted by Crippen LogP contribution is -2.25. The lowest BCUT2D eigenvalue weighted by atomic mass is 9.74. The zero-order valence-electron chi connectivity index (χ0n) is 11.2. The lowest BCUT2D eigenvalue weighted by Gasteiger charge is -2.31. The quantitative estimate of drug-likeness (QED) is 0.706. The van der Waals surface area contributed by atoms with E-state index in [0.29, 0.717) is 0 Å². The first-order chi connectivity index (χ1) is 9.09. The number of hydrogen-bond donors (Lipinski definition) is 0. The van der Waals surface area contributed by atoms with Gasteiger partial charge < -0.3 is 0 Å². The van der Waals surface area contributed by atoms with Crippen molar-refractivity contribution in [3.05, 3.63) is 64.8 Å². The van der Waals surface area contributed by atoms with Crippen LogP contribution in [-0.2, 0) is 5.41 Å². The predicted octanol–water partition coefficient (Wildman–Crippen LogP) is 5.05. The van der Waals surface area contributed by atoms with Crippen LogP contribution in [0.15, 0.2) is 54.1 Å². The van der Waals surface area contributed by atoms with Gasteiger partial charge in [-0.05, 0) is 38.5 Å². The molecule has 0 N–H and O–H groups in total. The number of benzene rings is 1. The van der Waals surface area contributed by atoms with Crippen molar-refractivity contribution >= 4 is 22.5 Å². The molecular weight excluding hydrogens is 254 g/mol. The maximum atomic E-state index is 6.06. The highest BCUT2D eigenvalue weighted by Crippen LogP contribution is 2.37. The van der Waals surface area contributed by atoms with Crippen molar-refractivity contribution in [2.75, 3.05) is 0 Å².